The van der Waals surface area contributed by atoms with Crippen LogP contribution in [0, 0.1) is 12.8 Å². The van der Waals surface area contributed by atoms with Gasteiger partial charge in [0.25, 0.3) is 0 Å². The van der Waals surface area contributed by atoms with Crippen molar-refractivity contribution in [2.75, 3.05) is 25.1 Å². The van der Waals surface area contributed by atoms with Crippen molar-refractivity contribution in [1.82, 2.24) is 5.32 Å². The standard InChI is InChI=1S/C16H25N3O3/c1-11(2)10-22-8-4-7-18-16(21)19-13-5-6-14(15(17)20)12(3)9-13/h5-6,9,11H,4,7-8,10H2,1-3H3,(H2,17,20)(H2,18,19,21). The van der Waals surface area contributed by atoms with Crippen molar-refractivity contribution in [1.29, 1.82) is 0 Å². The molecule has 0 radical (unpaired) electrons. The molecule has 1 aromatic carbocycles. The van der Waals surface area contributed by atoms with Gasteiger partial charge >= 0.3 is 6.03 Å². The van der Waals surface area contributed by atoms with Gasteiger partial charge in [0.15, 0.2) is 0 Å². The summed E-state index contributed by atoms with van der Waals surface area (Å²) in [5, 5.41) is 5.47. The van der Waals surface area contributed by atoms with Gasteiger partial charge in [0, 0.05) is 31.0 Å². The summed E-state index contributed by atoms with van der Waals surface area (Å²) in [5.41, 5.74) is 7.04. The van der Waals surface area contributed by atoms with Crippen LogP contribution >= 0.6 is 0 Å². The molecule has 0 aliphatic carbocycles. The highest BCUT2D eigenvalue weighted by Gasteiger charge is 2.07. The molecule has 1 rings (SSSR count). The van der Waals surface area contributed by atoms with Crippen LogP contribution in [0.5, 0.6) is 0 Å². The maximum Gasteiger partial charge on any atom is 0.319 e. The van der Waals surface area contributed by atoms with Gasteiger partial charge in [-0.25, -0.2) is 4.79 Å². The number of hydrogen-bond donors (Lipinski definition) is 3. The molecule has 0 aromatic heterocycles. The quantitative estimate of drug-likeness (QED) is 0.643. The van der Waals surface area contributed by atoms with E-state index in [4.69, 9.17) is 10.5 Å². The fraction of sp³-hybridized carbons (Fsp3) is 0.500. The number of ether oxygens (including phenoxy) is 1. The molecular formula is C16H25N3O3. The van der Waals surface area contributed by atoms with Crippen molar-refractivity contribution in [2.24, 2.45) is 11.7 Å². The third-order valence-electron chi connectivity index (χ3n) is 2.95. The monoisotopic (exact) mass is 307 g/mol. The fourth-order valence-electron chi connectivity index (χ4n) is 1.89. The molecule has 3 amide bonds. The Bertz CT molecular complexity index is 515. The largest absolute Gasteiger partial charge is 0.381 e. The lowest BCUT2D eigenvalue weighted by Gasteiger charge is -2.10. The zero-order chi connectivity index (χ0) is 16.5. The number of anilines is 1. The van der Waals surface area contributed by atoms with Crippen LogP contribution in [0.4, 0.5) is 10.5 Å². The molecule has 1 aromatic rings. The van der Waals surface area contributed by atoms with Crippen LogP contribution in [0.15, 0.2) is 18.2 Å². The third-order valence-corrected chi connectivity index (χ3v) is 2.95. The SMILES string of the molecule is Cc1cc(NC(=O)NCCCOCC(C)C)ccc1C(N)=O. The van der Waals surface area contributed by atoms with Gasteiger partial charge in [-0.05, 0) is 43.0 Å². The van der Waals surface area contributed by atoms with Gasteiger partial charge in [0.1, 0.15) is 0 Å². The minimum Gasteiger partial charge on any atom is -0.381 e. The van der Waals surface area contributed by atoms with Gasteiger partial charge in [-0.2, -0.15) is 0 Å². The summed E-state index contributed by atoms with van der Waals surface area (Å²) in [7, 11) is 0. The zero-order valence-electron chi connectivity index (χ0n) is 13.4. The number of nitrogens with one attached hydrogen (secondary N) is 2. The molecule has 0 unspecified atom stereocenters. The maximum atomic E-state index is 11.7. The van der Waals surface area contributed by atoms with Crippen LogP contribution in [0.1, 0.15) is 36.2 Å². The molecule has 0 fully saturated rings. The van der Waals surface area contributed by atoms with Crippen molar-refractivity contribution in [3.8, 4) is 0 Å². The smallest absolute Gasteiger partial charge is 0.319 e. The van der Waals surface area contributed by atoms with Gasteiger partial charge in [0.2, 0.25) is 5.91 Å². The van der Waals surface area contributed by atoms with Crippen molar-refractivity contribution in [3.05, 3.63) is 29.3 Å². The van der Waals surface area contributed by atoms with E-state index in [0.717, 1.165) is 18.6 Å². The van der Waals surface area contributed by atoms with Crippen molar-refractivity contribution in [3.63, 3.8) is 0 Å². The molecular weight excluding hydrogens is 282 g/mol. The Labute approximate surface area is 131 Å². The van der Waals surface area contributed by atoms with Crippen LogP contribution in [-0.4, -0.2) is 31.7 Å². The molecule has 0 aliphatic heterocycles. The second kappa shape index (κ2) is 9.04. The highest BCUT2D eigenvalue weighted by Crippen LogP contribution is 2.14. The van der Waals surface area contributed by atoms with E-state index in [1.54, 1.807) is 25.1 Å². The Kier molecular flexibility index (Phi) is 7.39. The Balaban J connectivity index is 2.30. The van der Waals surface area contributed by atoms with E-state index in [9.17, 15) is 9.59 Å². The van der Waals surface area contributed by atoms with Crippen molar-refractivity contribution in [2.45, 2.75) is 27.2 Å². The number of carbonyl (C=O) groups excluding carboxylic acids is 2. The minimum absolute atomic E-state index is 0.282. The predicted octanol–water partition coefficient (Wildman–Crippen LogP) is 2.28. The first-order valence-corrected chi connectivity index (χ1v) is 7.43. The molecule has 0 saturated carbocycles. The molecule has 0 spiro atoms. The lowest BCUT2D eigenvalue weighted by molar-refractivity contribution is 0.0999. The Morgan fingerprint density at radius 2 is 2.05 bits per heavy atom. The molecule has 6 nitrogen and oxygen atoms in total. The highest BCUT2D eigenvalue weighted by molar-refractivity contribution is 5.95. The first-order valence-electron chi connectivity index (χ1n) is 7.43. The Hall–Kier alpha value is -2.08. The lowest BCUT2D eigenvalue weighted by atomic mass is 10.1. The normalized spacial score (nSPS) is 10.5. The van der Waals surface area contributed by atoms with Crippen LogP contribution in [-0.2, 0) is 4.74 Å². The van der Waals surface area contributed by atoms with E-state index in [1.165, 1.54) is 0 Å². The molecule has 4 N–H and O–H groups in total. The van der Waals surface area contributed by atoms with Gasteiger partial charge < -0.3 is 21.1 Å². The van der Waals surface area contributed by atoms with Crippen molar-refractivity contribution < 1.29 is 14.3 Å². The molecule has 0 saturated heterocycles. The highest BCUT2D eigenvalue weighted by atomic mass is 16.5. The first-order chi connectivity index (χ1) is 10.4. The Morgan fingerprint density at radius 3 is 2.64 bits per heavy atom. The molecule has 22 heavy (non-hydrogen) atoms. The van der Waals surface area contributed by atoms with Gasteiger partial charge in [0.05, 0.1) is 0 Å². The number of primary amides is 1. The van der Waals surface area contributed by atoms with E-state index >= 15 is 0 Å². The molecule has 0 atom stereocenters. The number of nitrogens with two attached hydrogens (primary N) is 1. The summed E-state index contributed by atoms with van der Waals surface area (Å²) in [5.74, 6) is 0.0396. The summed E-state index contributed by atoms with van der Waals surface area (Å²) >= 11 is 0. The molecule has 122 valence electrons. The molecule has 0 heterocycles. The summed E-state index contributed by atoms with van der Waals surface area (Å²) in [6.07, 6.45) is 0.764. The zero-order valence-corrected chi connectivity index (χ0v) is 13.4. The molecule has 0 aliphatic rings. The van der Waals surface area contributed by atoms with Gasteiger partial charge in [-0.3, -0.25) is 4.79 Å². The summed E-state index contributed by atoms with van der Waals surface area (Å²) in [6, 6.07) is 4.69. The second-order valence-corrected chi connectivity index (χ2v) is 5.60. The predicted molar refractivity (Wildman–Crippen MR) is 87.0 cm³/mol. The van der Waals surface area contributed by atoms with Gasteiger partial charge in [-0.15, -0.1) is 0 Å². The third kappa shape index (κ3) is 6.58. The average molecular weight is 307 g/mol. The Morgan fingerprint density at radius 1 is 1.32 bits per heavy atom. The van der Waals surface area contributed by atoms with E-state index in [1.807, 2.05) is 0 Å². The van der Waals surface area contributed by atoms with E-state index in [0.29, 0.717) is 30.3 Å². The fourth-order valence-corrected chi connectivity index (χ4v) is 1.89. The number of rotatable bonds is 8. The number of carbonyl (C=O) groups is 2. The number of urea groups is 1. The van der Waals surface area contributed by atoms with Crippen molar-refractivity contribution >= 4 is 17.6 Å². The number of benzene rings is 1. The van der Waals surface area contributed by atoms with Crippen LogP contribution in [0.3, 0.4) is 0 Å². The number of hydrogen-bond acceptors (Lipinski definition) is 3. The topological polar surface area (TPSA) is 93.4 Å². The average Bonchev–Trinajstić information content (AvgIpc) is 2.42. The molecule has 0 bridgehead atoms. The first kappa shape index (κ1) is 18.0. The summed E-state index contributed by atoms with van der Waals surface area (Å²) in [4.78, 5) is 22.9. The molecule has 6 heteroatoms. The second-order valence-electron chi connectivity index (χ2n) is 5.60. The van der Waals surface area contributed by atoms with Crippen LogP contribution in [0.2, 0.25) is 0 Å². The maximum absolute atomic E-state index is 11.7. The van der Waals surface area contributed by atoms with E-state index in [-0.39, 0.29) is 6.03 Å². The van der Waals surface area contributed by atoms with E-state index in [2.05, 4.69) is 24.5 Å². The van der Waals surface area contributed by atoms with E-state index < -0.39 is 5.91 Å². The summed E-state index contributed by atoms with van der Waals surface area (Å²) < 4.78 is 5.43. The minimum atomic E-state index is -0.477. The van der Waals surface area contributed by atoms with Gasteiger partial charge in [-0.1, -0.05) is 13.8 Å². The van der Waals surface area contributed by atoms with Crippen LogP contribution in [0.25, 0.3) is 0 Å². The number of aryl methyl sites for hydroxylation is 1. The summed E-state index contributed by atoms with van der Waals surface area (Å²) in [6.45, 7) is 7.87. The lowest BCUT2D eigenvalue weighted by Crippen LogP contribution is -2.30. The van der Waals surface area contributed by atoms with Crippen LogP contribution < -0.4 is 16.4 Å². The number of amides is 3.